The van der Waals surface area contributed by atoms with E-state index in [4.69, 9.17) is 22.1 Å². The Morgan fingerprint density at radius 3 is 2.62 bits per heavy atom. The van der Waals surface area contributed by atoms with Crippen LogP contribution in [0.2, 0.25) is 5.02 Å². The molecule has 0 aliphatic carbocycles. The standard InChI is InChI=1S/C19H21ClFNO2/c1-2-24-19(23)12-16(22)9-5-13-3-6-14(7-4-13)17-11-15(20)8-10-18(17)21/h3-4,6-8,10-11,16H,2,5,9,12,22H2,1H3/t16-/m1/s1. The van der Waals surface area contributed by atoms with Crippen molar-refractivity contribution in [3.8, 4) is 11.1 Å². The van der Waals surface area contributed by atoms with Crippen molar-refractivity contribution in [3.63, 3.8) is 0 Å². The summed E-state index contributed by atoms with van der Waals surface area (Å²) in [5, 5.41) is 0.500. The maximum atomic E-state index is 13.9. The van der Waals surface area contributed by atoms with Crippen LogP contribution in [-0.4, -0.2) is 18.6 Å². The maximum absolute atomic E-state index is 13.9. The largest absolute Gasteiger partial charge is 0.466 e. The lowest BCUT2D eigenvalue weighted by Crippen LogP contribution is -2.25. The monoisotopic (exact) mass is 349 g/mol. The van der Waals surface area contributed by atoms with E-state index in [0.29, 0.717) is 23.6 Å². The van der Waals surface area contributed by atoms with Gasteiger partial charge in [-0.1, -0.05) is 35.9 Å². The highest BCUT2D eigenvalue weighted by Gasteiger charge is 2.11. The summed E-state index contributed by atoms with van der Waals surface area (Å²) in [6.07, 6.45) is 1.65. The van der Waals surface area contributed by atoms with E-state index in [2.05, 4.69) is 0 Å². The van der Waals surface area contributed by atoms with Crippen LogP contribution in [-0.2, 0) is 16.0 Å². The van der Waals surface area contributed by atoms with Gasteiger partial charge in [-0.2, -0.15) is 0 Å². The minimum absolute atomic E-state index is 0.222. The number of ether oxygens (including phenoxy) is 1. The summed E-state index contributed by atoms with van der Waals surface area (Å²) < 4.78 is 18.8. The van der Waals surface area contributed by atoms with Crippen molar-refractivity contribution in [2.75, 3.05) is 6.61 Å². The molecule has 2 rings (SSSR count). The molecular formula is C19H21ClFNO2. The fourth-order valence-electron chi connectivity index (χ4n) is 2.46. The topological polar surface area (TPSA) is 52.3 Å². The van der Waals surface area contributed by atoms with Crippen LogP contribution in [0.5, 0.6) is 0 Å². The highest BCUT2D eigenvalue weighted by Crippen LogP contribution is 2.26. The van der Waals surface area contributed by atoms with E-state index < -0.39 is 0 Å². The first-order valence-electron chi connectivity index (χ1n) is 7.95. The Morgan fingerprint density at radius 1 is 1.25 bits per heavy atom. The SMILES string of the molecule is CCOC(=O)C[C@H](N)CCc1ccc(-c2cc(Cl)ccc2F)cc1. The van der Waals surface area contributed by atoms with Crippen molar-refractivity contribution in [2.24, 2.45) is 5.73 Å². The van der Waals surface area contributed by atoms with Crippen LogP contribution in [0.3, 0.4) is 0 Å². The molecule has 0 saturated heterocycles. The predicted octanol–water partition coefficient (Wildman–Crippen LogP) is 4.36. The number of aryl methyl sites for hydroxylation is 1. The van der Waals surface area contributed by atoms with Gasteiger partial charge < -0.3 is 10.5 Å². The first-order valence-corrected chi connectivity index (χ1v) is 8.33. The van der Waals surface area contributed by atoms with Gasteiger partial charge in [0.2, 0.25) is 0 Å². The number of carbonyl (C=O) groups is 1. The lowest BCUT2D eigenvalue weighted by Gasteiger charge is -2.11. The Labute approximate surface area is 146 Å². The number of benzene rings is 2. The molecule has 128 valence electrons. The molecule has 1 atom stereocenters. The van der Waals surface area contributed by atoms with E-state index in [1.165, 1.54) is 12.1 Å². The molecule has 2 N–H and O–H groups in total. The van der Waals surface area contributed by atoms with Gasteiger partial charge in [0.25, 0.3) is 0 Å². The van der Waals surface area contributed by atoms with Crippen molar-refractivity contribution in [2.45, 2.75) is 32.2 Å². The zero-order valence-electron chi connectivity index (χ0n) is 13.6. The summed E-state index contributed by atoms with van der Waals surface area (Å²) in [7, 11) is 0. The number of rotatable bonds is 7. The third kappa shape index (κ3) is 5.32. The van der Waals surface area contributed by atoms with E-state index in [-0.39, 0.29) is 24.2 Å². The van der Waals surface area contributed by atoms with Crippen LogP contribution in [0, 0.1) is 5.82 Å². The second-order valence-corrected chi connectivity index (χ2v) is 6.07. The summed E-state index contributed by atoms with van der Waals surface area (Å²) in [4.78, 5) is 11.4. The second-order valence-electron chi connectivity index (χ2n) is 5.63. The van der Waals surface area contributed by atoms with Crippen LogP contribution in [0.15, 0.2) is 42.5 Å². The van der Waals surface area contributed by atoms with E-state index in [9.17, 15) is 9.18 Å². The van der Waals surface area contributed by atoms with Crippen LogP contribution in [0.25, 0.3) is 11.1 Å². The summed E-state index contributed by atoms with van der Waals surface area (Å²) in [5.41, 5.74) is 8.28. The van der Waals surface area contributed by atoms with Crippen molar-refractivity contribution in [1.29, 1.82) is 0 Å². The van der Waals surface area contributed by atoms with Gasteiger partial charge in [-0.3, -0.25) is 4.79 Å². The van der Waals surface area contributed by atoms with Gasteiger partial charge in [0.1, 0.15) is 5.82 Å². The lowest BCUT2D eigenvalue weighted by molar-refractivity contribution is -0.143. The summed E-state index contributed by atoms with van der Waals surface area (Å²) in [6, 6.07) is 11.9. The molecule has 2 aromatic rings. The third-order valence-electron chi connectivity index (χ3n) is 3.73. The molecule has 0 aromatic heterocycles. The Balaban J connectivity index is 1.95. The molecule has 0 unspecified atom stereocenters. The fraction of sp³-hybridized carbons (Fsp3) is 0.316. The Bertz CT molecular complexity index is 688. The number of hydrogen-bond acceptors (Lipinski definition) is 3. The van der Waals surface area contributed by atoms with Crippen molar-refractivity contribution in [1.82, 2.24) is 0 Å². The molecule has 0 heterocycles. The highest BCUT2D eigenvalue weighted by atomic mass is 35.5. The highest BCUT2D eigenvalue weighted by molar-refractivity contribution is 6.30. The first kappa shape index (κ1) is 18.4. The maximum Gasteiger partial charge on any atom is 0.307 e. The van der Waals surface area contributed by atoms with Crippen LogP contribution in [0.1, 0.15) is 25.3 Å². The number of nitrogens with two attached hydrogens (primary N) is 1. The number of halogens is 2. The van der Waals surface area contributed by atoms with Gasteiger partial charge in [0.05, 0.1) is 13.0 Å². The first-order chi connectivity index (χ1) is 11.5. The molecule has 0 radical (unpaired) electrons. The summed E-state index contributed by atoms with van der Waals surface area (Å²) >= 11 is 5.93. The van der Waals surface area contributed by atoms with Gasteiger partial charge in [-0.25, -0.2) is 4.39 Å². The van der Waals surface area contributed by atoms with Gasteiger partial charge in [0.15, 0.2) is 0 Å². The van der Waals surface area contributed by atoms with Gasteiger partial charge in [-0.05, 0) is 49.1 Å². The molecule has 3 nitrogen and oxygen atoms in total. The average molecular weight is 350 g/mol. The number of esters is 1. The summed E-state index contributed by atoms with van der Waals surface area (Å²) in [6.45, 7) is 2.14. The van der Waals surface area contributed by atoms with E-state index in [1.807, 2.05) is 24.3 Å². The molecule has 0 spiro atoms. The molecule has 0 fully saturated rings. The zero-order valence-corrected chi connectivity index (χ0v) is 14.4. The lowest BCUT2D eigenvalue weighted by atomic mass is 9.99. The molecule has 0 bridgehead atoms. The minimum Gasteiger partial charge on any atom is -0.466 e. The van der Waals surface area contributed by atoms with E-state index in [0.717, 1.165) is 17.5 Å². The van der Waals surface area contributed by atoms with Gasteiger partial charge >= 0.3 is 5.97 Å². The van der Waals surface area contributed by atoms with Crippen molar-refractivity contribution in [3.05, 3.63) is 58.9 Å². The fourth-order valence-corrected chi connectivity index (χ4v) is 2.63. The Hall–Kier alpha value is -1.91. The minimum atomic E-state index is -0.302. The summed E-state index contributed by atoms with van der Waals surface area (Å²) in [5.74, 6) is -0.569. The number of carbonyl (C=O) groups excluding carboxylic acids is 1. The molecular weight excluding hydrogens is 329 g/mol. The Kier molecular flexibility index (Phi) is 6.76. The molecule has 2 aromatic carbocycles. The van der Waals surface area contributed by atoms with Crippen LogP contribution >= 0.6 is 11.6 Å². The van der Waals surface area contributed by atoms with E-state index in [1.54, 1.807) is 13.0 Å². The molecule has 0 aliphatic heterocycles. The van der Waals surface area contributed by atoms with Gasteiger partial charge in [0, 0.05) is 16.6 Å². The van der Waals surface area contributed by atoms with E-state index >= 15 is 0 Å². The normalized spacial score (nSPS) is 12.0. The molecule has 24 heavy (non-hydrogen) atoms. The number of hydrogen-bond donors (Lipinski definition) is 1. The molecule has 0 aliphatic rings. The molecule has 0 amide bonds. The predicted molar refractivity (Wildman–Crippen MR) is 94.4 cm³/mol. The van der Waals surface area contributed by atoms with Crippen molar-refractivity contribution >= 4 is 17.6 Å². The average Bonchev–Trinajstić information content (AvgIpc) is 2.56. The van der Waals surface area contributed by atoms with Crippen LogP contribution in [0.4, 0.5) is 4.39 Å². The second kappa shape index (κ2) is 8.81. The van der Waals surface area contributed by atoms with Gasteiger partial charge in [-0.15, -0.1) is 0 Å². The zero-order chi connectivity index (χ0) is 17.5. The quantitative estimate of drug-likeness (QED) is 0.755. The van der Waals surface area contributed by atoms with Crippen molar-refractivity contribution < 1.29 is 13.9 Å². The Morgan fingerprint density at radius 2 is 1.96 bits per heavy atom. The third-order valence-corrected chi connectivity index (χ3v) is 3.97. The molecule has 5 heteroatoms. The molecule has 0 saturated carbocycles. The smallest absolute Gasteiger partial charge is 0.307 e. The van der Waals surface area contributed by atoms with Crippen LogP contribution < -0.4 is 5.73 Å².